The van der Waals surface area contributed by atoms with Crippen LogP contribution >= 0.6 is 11.3 Å². The Bertz CT molecular complexity index is 440. The first kappa shape index (κ1) is 14.7. The van der Waals surface area contributed by atoms with E-state index in [1.807, 2.05) is 11.6 Å². The van der Waals surface area contributed by atoms with Gasteiger partial charge in [0.15, 0.2) is 5.13 Å². The predicted molar refractivity (Wildman–Crippen MR) is 82.8 cm³/mol. The zero-order valence-corrected chi connectivity index (χ0v) is 13.0. The smallest absolute Gasteiger partial charge is 0.234 e. The molecule has 1 amide bonds. The highest BCUT2D eigenvalue weighted by Gasteiger charge is 2.21. The van der Waals surface area contributed by atoms with Crippen LogP contribution in [0.1, 0.15) is 12.8 Å². The van der Waals surface area contributed by atoms with Crippen LogP contribution in [0, 0.1) is 0 Å². The molecular formula is C14H22N4O2S. The summed E-state index contributed by atoms with van der Waals surface area (Å²) in [6.45, 7) is 5.66. The summed E-state index contributed by atoms with van der Waals surface area (Å²) in [5.41, 5.74) is 0. The minimum absolute atomic E-state index is 0.105. The van der Waals surface area contributed by atoms with Gasteiger partial charge in [-0.15, -0.1) is 11.3 Å². The molecule has 1 N–H and O–H groups in total. The quantitative estimate of drug-likeness (QED) is 0.861. The highest BCUT2D eigenvalue weighted by Crippen LogP contribution is 2.18. The SMILES string of the molecule is O=C(CN1CCN(c2nccs2)CC1)NCC1CCCO1. The maximum absolute atomic E-state index is 11.9. The first-order valence-electron chi connectivity index (χ1n) is 7.56. The third kappa shape index (κ3) is 4.15. The Labute approximate surface area is 129 Å². The Morgan fingerprint density at radius 1 is 1.43 bits per heavy atom. The zero-order valence-electron chi connectivity index (χ0n) is 12.2. The molecule has 21 heavy (non-hydrogen) atoms. The molecule has 0 spiro atoms. The van der Waals surface area contributed by atoms with Crippen molar-refractivity contribution in [1.82, 2.24) is 15.2 Å². The van der Waals surface area contributed by atoms with Crippen molar-refractivity contribution in [3.05, 3.63) is 11.6 Å². The van der Waals surface area contributed by atoms with Gasteiger partial charge >= 0.3 is 0 Å². The number of piperazine rings is 1. The Kier molecular flexibility index (Phi) is 5.05. The van der Waals surface area contributed by atoms with Crippen molar-refractivity contribution < 1.29 is 9.53 Å². The van der Waals surface area contributed by atoms with Crippen molar-refractivity contribution >= 4 is 22.4 Å². The fourth-order valence-electron chi connectivity index (χ4n) is 2.76. The number of ether oxygens (including phenoxy) is 1. The Hall–Kier alpha value is -1.18. The molecule has 6 nitrogen and oxygen atoms in total. The topological polar surface area (TPSA) is 57.7 Å². The van der Waals surface area contributed by atoms with Crippen LogP contribution in [0.5, 0.6) is 0 Å². The summed E-state index contributed by atoms with van der Waals surface area (Å²) >= 11 is 1.67. The van der Waals surface area contributed by atoms with E-state index < -0.39 is 0 Å². The van der Waals surface area contributed by atoms with E-state index in [1.54, 1.807) is 11.3 Å². The van der Waals surface area contributed by atoms with Crippen LogP contribution < -0.4 is 10.2 Å². The van der Waals surface area contributed by atoms with E-state index in [0.717, 1.165) is 50.8 Å². The van der Waals surface area contributed by atoms with Gasteiger partial charge in [-0.05, 0) is 12.8 Å². The number of carbonyl (C=O) groups excluding carboxylic acids is 1. The lowest BCUT2D eigenvalue weighted by Gasteiger charge is -2.34. The molecule has 0 bridgehead atoms. The van der Waals surface area contributed by atoms with Crippen LogP contribution in [0.3, 0.4) is 0 Å². The summed E-state index contributed by atoms with van der Waals surface area (Å²) in [5.74, 6) is 0.105. The third-order valence-corrected chi connectivity index (χ3v) is 4.81. The third-order valence-electron chi connectivity index (χ3n) is 3.98. The van der Waals surface area contributed by atoms with Crippen LogP contribution in [0.15, 0.2) is 11.6 Å². The lowest BCUT2D eigenvalue weighted by Crippen LogP contribution is -2.50. The van der Waals surface area contributed by atoms with Crippen molar-refractivity contribution in [3.63, 3.8) is 0 Å². The van der Waals surface area contributed by atoms with Crippen molar-refractivity contribution in [1.29, 1.82) is 0 Å². The predicted octanol–water partition coefficient (Wildman–Crippen LogP) is 0.560. The summed E-state index contributed by atoms with van der Waals surface area (Å²) in [7, 11) is 0. The average molecular weight is 310 g/mol. The summed E-state index contributed by atoms with van der Waals surface area (Å²) in [4.78, 5) is 20.8. The molecule has 0 saturated carbocycles. The van der Waals surface area contributed by atoms with Crippen LogP contribution in [-0.4, -0.2) is 67.8 Å². The van der Waals surface area contributed by atoms with E-state index in [9.17, 15) is 4.79 Å². The molecule has 1 aromatic rings. The second kappa shape index (κ2) is 7.20. The van der Waals surface area contributed by atoms with Crippen LogP contribution in [0.2, 0.25) is 0 Å². The Balaban J connectivity index is 1.35. The second-order valence-electron chi connectivity index (χ2n) is 5.52. The number of amides is 1. The fraction of sp³-hybridized carbons (Fsp3) is 0.714. The minimum Gasteiger partial charge on any atom is -0.376 e. The lowest BCUT2D eigenvalue weighted by atomic mass is 10.2. The lowest BCUT2D eigenvalue weighted by molar-refractivity contribution is -0.122. The molecule has 0 aromatic carbocycles. The second-order valence-corrected chi connectivity index (χ2v) is 6.39. The van der Waals surface area contributed by atoms with Gasteiger partial charge in [0.2, 0.25) is 5.91 Å². The zero-order chi connectivity index (χ0) is 14.5. The van der Waals surface area contributed by atoms with Crippen LogP contribution in [0.25, 0.3) is 0 Å². The van der Waals surface area contributed by atoms with Gasteiger partial charge in [-0.2, -0.15) is 0 Å². The molecule has 2 aliphatic rings. The molecule has 1 atom stereocenters. The van der Waals surface area contributed by atoms with Gasteiger partial charge in [-0.3, -0.25) is 9.69 Å². The maximum atomic E-state index is 11.9. The van der Waals surface area contributed by atoms with Gasteiger partial charge in [0.1, 0.15) is 0 Å². The largest absolute Gasteiger partial charge is 0.376 e. The summed E-state index contributed by atoms with van der Waals surface area (Å²) < 4.78 is 5.51. The molecule has 7 heteroatoms. The number of anilines is 1. The fourth-order valence-corrected chi connectivity index (χ4v) is 3.46. The van der Waals surface area contributed by atoms with E-state index in [0.29, 0.717) is 13.1 Å². The first-order valence-corrected chi connectivity index (χ1v) is 8.44. The van der Waals surface area contributed by atoms with E-state index in [1.165, 1.54) is 0 Å². The average Bonchev–Trinajstić information content (AvgIpc) is 3.19. The molecule has 0 aliphatic carbocycles. The number of nitrogens with zero attached hydrogens (tertiary/aromatic N) is 3. The number of hydrogen-bond acceptors (Lipinski definition) is 6. The van der Waals surface area contributed by atoms with Crippen molar-refractivity contribution in [2.45, 2.75) is 18.9 Å². The van der Waals surface area contributed by atoms with Crippen molar-refractivity contribution in [2.75, 3.05) is 50.8 Å². The Morgan fingerprint density at radius 3 is 2.95 bits per heavy atom. The highest BCUT2D eigenvalue weighted by atomic mass is 32.1. The van der Waals surface area contributed by atoms with E-state index in [2.05, 4.69) is 20.1 Å². The molecule has 1 aromatic heterocycles. The van der Waals surface area contributed by atoms with Gasteiger partial charge < -0.3 is 15.0 Å². The van der Waals surface area contributed by atoms with Gasteiger partial charge in [-0.25, -0.2) is 4.98 Å². The first-order chi connectivity index (χ1) is 10.3. The molecule has 3 heterocycles. The van der Waals surface area contributed by atoms with Gasteiger partial charge in [0.05, 0.1) is 12.6 Å². The minimum atomic E-state index is 0.105. The van der Waals surface area contributed by atoms with Gasteiger partial charge in [0, 0.05) is 50.9 Å². The van der Waals surface area contributed by atoms with Gasteiger partial charge in [0.25, 0.3) is 0 Å². The van der Waals surface area contributed by atoms with E-state index >= 15 is 0 Å². The normalized spacial score (nSPS) is 23.4. The van der Waals surface area contributed by atoms with E-state index in [-0.39, 0.29) is 12.0 Å². The highest BCUT2D eigenvalue weighted by molar-refractivity contribution is 7.13. The van der Waals surface area contributed by atoms with Gasteiger partial charge in [-0.1, -0.05) is 0 Å². The standard InChI is InChI=1S/C14H22N4O2S/c19-13(16-10-12-2-1-8-20-12)11-17-4-6-18(7-5-17)14-15-3-9-21-14/h3,9,12H,1-2,4-8,10-11H2,(H,16,19). The number of hydrogen-bond donors (Lipinski definition) is 1. The number of thiazole rings is 1. The molecular weight excluding hydrogens is 288 g/mol. The Morgan fingerprint density at radius 2 is 2.29 bits per heavy atom. The molecule has 116 valence electrons. The molecule has 2 fully saturated rings. The molecule has 1 unspecified atom stereocenters. The van der Waals surface area contributed by atoms with Crippen molar-refractivity contribution in [3.8, 4) is 0 Å². The number of nitrogens with one attached hydrogen (secondary N) is 1. The van der Waals surface area contributed by atoms with E-state index in [4.69, 9.17) is 4.74 Å². The number of rotatable bonds is 5. The maximum Gasteiger partial charge on any atom is 0.234 e. The molecule has 3 rings (SSSR count). The van der Waals surface area contributed by atoms with Crippen molar-refractivity contribution in [2.24, 2.45) is 0 Å². The van der Waals surface area contributed by atoms with Crippen LogP contribution in [0.4, 0.5) is 5.13 Å². The summed E-state index contributed by atoms with van der Waals surface area (Å²) in [6.07, 6.45) is 4.23. The molecule has 2 saturated heterocycles. The molecule has 0 radical (unpaired) electrons. The molecule has 2 aliphatic heterocycles. The summed E-state index contributed by atoms with van der Waals surface area (Å²) in [6, 6.07) is 0. The monoisotopic (exact) mass is 310 g/mol. The number of aromatic nitrogens is 1. The number of carbonyl (C=O) groups is 1. The summed E-state index contributed by atoms with van der Waals surface area (Å²) in [5, 5.41) is 6.06. The van der Waals surface area contributed by atoms with Crippen LogP contribution in [-0.2, 0) is 9.53 Å².